The quantitative estimate of drug-likeness (QED) is 0.768. The number of nitrogens with one attached hydrogen (secondary N) is 1. The Morgan fingerprint density at radius 1 is 1.32 bits per heavy atom. The predicted molar refractivity (Wildman–Crippen MR) is 71.0 cm³/mol. The molecule has 0 saturated heterocycles. The fraction of sp³-hybridized carbons (Fsp3) is 0.0769. The van der Waals surface area contributed by atoms with Crippen molar-refractivity contribution in [2.45, 2.75) is 6.61 Å². The van der Waals surface area contributed by atoms with E-state index in [0.29, 0.717) is 23.3 Å². The Balaban J connectivity index is 1.81. The first-order valence-electron chi connectivity index (χ1n) is 5.88. The molecule has 0 bridgehead atoms. The third-order valence-electron chi connectivity index (χ3n) is 3.01. The van der Waals surface area contributed by atoms with Gasteiger partial charge in [-0.25, -0.2) is 0 Å². The molecule has 6 heteroatoms. The van der Waals surface area contributed by atoms with Gasteiger partial charge in [0.2, 0.25) is 0 Å². The summed E-state index contributed by atoms with van der Waals surface area (Å²) in [5.41, 5.74) is 2.80. The molecule has 2 aromatic rings. The molecule has 0 radical (unpaired) electrons. The van der Waals surface area contributed by atoms with Gasteiger partial charge in [0.25, 0.3) is 5.91 Å². The predicted octanol–water partition coefficient (Wildman–Crippen LogP) is 0.552. The molecule has 1 amide bonds. The first-order chi connectivity index (χ1) is 9.24. The highest BCUT2D eigenvalue weighted by atomic mass is 16.5. The number of fused-ring (bicyclic) bond motifs is 1. The Morgan fingerprint density at radius 2 is 2.11 bits per heavy atom. The summed E-state index contributed by atoms with van der Waals surface area (Å²) >= 11 is 0. The number of rotatable bonds is 2. The Kier molecular flexibility index (Phi) is 3.02. The van der Waals surface area contributed by atoms with Gasteiger partial charge in [-0.2, -0.15) is 0 Å². The summed E-state index contributed by atoms with van der Waals surface area (Å²) < 4.78 is 5.10. The van der Waals surface area contributed by atoms with Crippen LogP contribution in [0.4, 0.5) is 5.69 Å². The molecule has 94 valence electrons. The first kappa shape index (κ1) is 11.9. The number of pyridine rings is 1. The van der Waals surface area contributed by atoms with Crippen LogP contribution in [0.3, 0.4) is 0 Å². The molecule has 1 aliphatic rings. The number of carbonyl (C=O) groups excluding carboxylic acids is 1. The van der Waals surface area contributed by atoms with Crippen molar-refractivity contribution in [2.75, 3.05) is 5.32 Å². The minimum absolute atomic E-state index is 0.212. The van der Waals surface area contributed by atoms with Gasteiger partial charge in [0.15, 0.2) is 0 Å². The van der Waals surface area contributed by atoms with Crippen molar-refractivity contribution in [3.8, 4) is 0 Å². The number of amides is 1. The van der Waals surface area contributed by atoms with E-state index in [1.54, 1.807) is 36.7 Å². The van der Waals surface area contributed by atoms with Crippen LogP contribution in [0, 0.1) is 0 Å². The van der Waals surface area contributed by atoms with Crippen LogP contribution < -0.4 is 10.8 Å². The molecule has 0 aliphatic carbocycles. The Labute approximate surface area is 110 Å². The monoisotopic (exact) mass is 254 g/mol. The molecule has 0 saturated carbocycles. The molecule has 3 rings (SSSR count). The van der Waals surface area contributed by atoms with E-state index >= 15 is 0 Å². The summed E-state index contributed by atoms with van der Waals surface area (Å²) in [6, 6.07) is 8.64. The smallest absolute Gasteiger partial charge is 0.423 e. The summed E-state index contributed by atoms with van der Waals surface area (Å²) in [5, 5.41) is 12.4. The molecule has 1 aromatic heterocycles. The third-order valence-corrected chi connectivity index (χ3v) is 3.01. The average Bonchev–Trinajstić information content (AvgIpc) is 2.81. The summed E-state index contributed by atoms with van der Waals surface area (Å²) in [6.45, 7) is 0.398. The molecular formula is C13H11BN2O3. The van der Waals surface area contributed by atoms with E-state index in [2.05, 4.69) is 10.3 Å². The Morgan fingerprint density at radius 3 is 2.89 bits per heavy atom. The zero-order valence-electron chi connectivity index (χ0n) is 10.0. The van der Waals surface area contributed by atoms with Crippen molar-refractivity contribution in [2.24, 2.45) is 0 Å². The van der Waals surface area contributed by atoms with Crippen LogP contribution in [0.1, 0.15) is 15.9 Å². The number of hydrogen-bond acceptors (Lipinski definition) is 4. The van der Waals surface area contributed by atoms with Gasteiger partial charge in [-0.05, 0) is 35.3 Å². The summed E-state index contributed by atoms with van der Waals surface area (Å²) in [4.78, 5) is 15.8. The van der Waals surface area contributed by atoms with E-state index in [0.717, 1.165) is 5.56 Å². The Bertz CT molecular complexity index is 619. The van der Waals surface area contributed by atoms with Crippen LogP contribution in [0.5, 0.6) is 0 Å². The van der Waals surface area contributed by atoms with Gasteiger partial charge in [0.05, 0.1) is 6.61 Å². The van der Waals surface area contributed by atoms with Crippen LogP contribution in [0.2, 0.25) is 0 Å². The molecule has 0 unspecified atom stereocenters. The number of carbonyl (C=O) groups is 1. The second-order valence-electron chi connectivity index (χ2n) is 4.27. The van der Waals surface area contributed by atoms with Crippen molar-refractivity contribution in [3.63, 3.8) is 0 Å². The van der Waals surface area contributed by atoms with E-state index in [-0.39, 0.29) is 5.91 Å². The van der Waals surface area contributed by atoms with Crippen molar-refractivity contribution in [3.05, 3.63) is 53.9 Å². The maximum atomic E-state index is 12.0. The maximum Gasteiger partial charge on any atom is 0.491 e. The zero-order valence-corrected chi connectivity index (χ0v) is 10.0. The standard InChI is InChI=1S/C13H11BN2O3/c17-13(9-3-5-15-6-4-9)16-11-2-1-10-8-19-14(18)12(10)7-11/h1-7,18H,8H2,(H,16,17). The third kappa shape index (κ3) is 2.36. The number of hydrogen-bond donors (Lipinski definition) is 2. The average molecular weight is 254 g/mol. The summed E-state index contributed by atoms with van der Waals surface area (Å²) in [7, 11) is -0.909. The fourth-order valence-corrected chi connectivity index (χ4v) is 2.00. The van der Waals surface area contributed by atoms with Crippen LogP contribution in [0.15, 0.2) is 42.7 Å². The van der Waals surface area contributed by atoms with Crippen molar-refractivity contribution < 1.29 is 14.5 Å². The van der Waals surface area contributed by atoms with E-state index in [9.17, 15) is 9.82 Å². The van der Waals surface area contributed by atoms with Crippen LogP contribution in [0.25, 0.3) is 0 Å². The molecule has 0 fully saturated rings. The molecule has 0 atom stereocenters. The van der Waals surface area contributed by atoms with E-state index in [1.807, 2.05) is 6.07 Å². The van der Waals surface area contributed by atoms with E-state index in [1.165, 1.54) is 0 Å². The normalized spacial score (nSPS) is 13.2. The second-order valence-corrected chi connectivity index (χ2v) is 4.27. The van der Waals surface area contributed by atoms with Gasteiger partial charge in [-0.1, -0.05) is 6.07 Å². The molecular weight excluding hydrogens is 243 g/mol. The lowest BCUT2D eigenvalue weighted by molar-refractivity contribution is 0.102. The molecule has 2 heterocycles. The minimum Gasteiger partial charge on any atom is -0.423 e. The van der Waals surface area contributed by atoms with Gasteiger partial charge in [0, 0.05) is 23.6 Å². The number of aromatic nitrogens is 1. The van der Waals surface area contributed by atoms with Crippen molar-refractivity contribution in [1.29, 1.82) is 0 Å². The molecule has 0 spiro atoms. The second kappa shape index (κ2) is 4.83. The van der Waals surface area contributed by atoms with E-state index < -0.39 is 7.12 Å². The molecule has 5 nitrogen and oxygen atoms in total. The number of anilines is 1. The van der Waals surface area contributed by atoms with Crippen LogP contribution >= 0.6 is 0 Å². The fourth-order valence-electron chi connectivity index (χ4n) is 2.00. The van der Waals surface area contributed by atoms with Crippen molar-refractivity contribution >= 4 is 24.2 Å². The van der Waals surface area contributed by atoms with E-state index in [4.69, 9.17) is 4.65 Å². The Hall–Kier alpha value is -2.18. The first-order valence-corrected chi connectivity index (χ1v) is 5.88. The van der Waals surface area contributed by atoms with Gasteiger partial charge in [-0.15, -0.1) is 0 Å². The highest BCUT2D eigenvalue weighted by Crippen LogP contribution is 2.15. The number of nitrogens with zero attached hydrogens (tertiary/aromatic N) is 1. The summed E-state index contributed by atoms with van der Waals surface area (Å²) in [6.07, 6.45) is 3.13. The van der Waals surface area contributed by atoms with Crippen molar-refractivity contribution in [1.82, 2.24) is 4.98 Å². The van der Waals surface area contributed by atoms with Gasteiger partial charge < -0.3 is 15.0 Å². The maximum absolute atomic E-state index is 12.0. The molecule has 1 aromatic carbocycles. The molecule has 2 N–H and O–H groups in total. The lowest BCUT2D eigenvalue weighted by Gasteiger charge is -2.07. The SMILES string of the molecule is O=C(Nc1ccc2c(c1)B(O)OC2)c1ccncc1. The lowest BCUT2D eigenvalue weighted by Crippen LogP contribution is -2.28. The molecule has 1 aliphatic heterocycles. The largest absolute Gasteiger partial charge is 0.491 e. The highest BCUT2D eigenvalue weighted by molar-refractivity contribution is 6.61. The zero-order chi connectivity index (χ0) is 13.2. The van der Waals surface area contributed by atoms with Gasteiger partial charge in [-0.3, -0.25) is 9.78 Å². The minimum atomic E-state index is -0.909. The molecule has 19 heavy (non-hydrogen) atoms. The highest BCUT2D eigenvalue weighted by Gasteiger charge is 2.27. The summed E-state index contributed by atoms with van der Waals surface area (Å²) in [5.74, 6) is -0.212. The number of benzene rings is 1. The van der Waals surface area contributed by atoms with Crippen LogP contribution in [-0.4, -0.2) is 23.0 Å². The van der Waals surface area contributed by atoms with Crippen LogP contribution in [-0.2, 0) is 11.3 Å². The lowest BCUT2D eigenvalue weighted by atomic mass is 9.79. The van der Waals surface area contributed by atoms with Gasteiger partial charge in [0.1, 0.15) is 0 Å². The topological polar surface area (TPSA) is 71.5 Å². The van der Waals surface area contributed by atoms with Gasteiger partial charge >= 0.3 is 7.12 Å².